The van der Waals surface area contributed by atoms with Gasteiger partial charge in [-0.25, -0.2) is 0 Å². The molecule has 2 rings (SSSR count). The van der Waals surface area contributed by atoms with Crippen LogP contribution in [-0.2, 0) is 17.6 Å². The number of carbonyl (C=O) groups is 1. The lowest BCUT2D eigenvalue weighted by Crippen LogP contribution is -2.41. The van der Waals surface area contributed by atoms with Crippen molar-refractivity contribution in [3.8, 4) is 0 Å². The van der Waals surface area contributed by atoms with E-state index in [-0.39, 0.29) is 5.91 Å². The first-order valence-corrected chi connectivity index (χ1v) is 8.38. The van der Waals surface area contributed by atoms with E-state index in [1.54, 1.807) is 6.92 Å². The second-order valence-electron chi connectivity index (χ2n) is 6.24. The van der Waals surface area contributed by atoms with Crippen LogP contribution in [0.1, 0.15) is 50.7 Å². The molecule has 0 saturated carbocycles. The maximum absolute atomic E-state index is 11.2. The normalized spacial score (nSPS) is 18.4. The Morgan fingerprint density at radius 2 is 2.27 bits per heavy atom. The summed E-state index contributed by atoms with van der Waals surface area (Å²) >= 11 is 0. The summed E-state index contributed by atoms with van der Waals surface area (Å²) in [6, 6.07) is 7.41. The van der Waals surface area contributed by atoms with Crippen LogP contribution in [0, 0.1) is 0 Å². The highest BCUT2D eigenvalue weighted by Gasteiger charge is 2.21. The van der Waals surface area contributed by atoms with Gasteiger partial charge in [-0.2, -0.15) is 0 Å². The molecular weight excluding hydrogens is 272 g/mol. The fraction of sp³-hybridized carbons (Fsp3) is 0.526. The van der Waals surface area contributed by atoms with E-state index in [2.05, 4.69) is 36.3 Å². The molecule has 0 heterocycles. The Labute approximate surface area is 134 Å². The van der Waals surface area contributed by atoms with Gasteiger partial charge in [0.25, 0.3) is 0 Å². The first-order chi connectivity index (χ1) is 10.6. The van der Waals surface area contributed by atoms with Gasteiger partial charge >= 0.3 is 0 Å². The Morgan fingerprint density at radius 1 is 1.45 bits per heavy atom. The van der Waals surface area contributed by atoms with Crippen molar-refractivity contribution in [1.29, 1.82) is 0 Å². The van der Waals surface area contributed by atoms with Crippen molar-refractivity contribution in [3.63, 3.8) is 0 Å². The van der Waals surface area contributed by atoms with Crippen molar-refractivity contribution < 1.29 is 4.79 Å². The monoisotopic (exact) mass is 300 g/mol. The number of hydrogen-bond donors (Lipinski definition) is 2. The lowest BCUT2D eigenvalue weighted by molar-refractivity contribution is -0.114. The molecule has 1 aromatic rings. The van der Waals surface area contributed by atoms with Crippen LogP contribution in [0.25, 0.3) is 0 Å². The van der Waals surface area contributed by atoms with Gasteiger partial charge in [0.05, 0.1) is 0 Å². The van der Waals surface area contributed by atoms with Crippen LogP contribution in [-0.4, -0.2) is 18.0 Å². The maximum atomic E-state index is 11.2. The Kier molecular flexibility index (Phi) is 6.20. The van der Waals surface area contributed by atoms with Gasteiger partial charge in [0.1, 0.15) is 0 Å². The number of nitrogens with one attached hydrogen (secondary N) is 2. The number of rotatable bonds is 7. The number of fused-ring (bicyclic) bond motifs is 1. The van der Waals surface area contributed by atoms with Crippen molar-refractivity contribution >= 4 is 11.6 Å². The van der Waals surface area contributed by atoms with Gasteiger partial charge in [0.2, 0.25) is 5.91 Å². The lowest BCUT2D eigenvalue weighted by atomic mass is 9.87. The predicted molar refractivity (Wildman–Crippen MR) is 93.2 cm³/mol. The van der Waals surface area contributed by atoms with E-state index in [0.29, 0.717) is 12.1 Å². The average Bonchev–Trinajstić information content (AvgIpc) is 2.50. The van der Waals surface area contributed by atoms with Crippen molar-refractivity contribution in [2.24, 2.45) is 0 Å². The molecule has 3 nitrogen and oxygen atoms in total. The van der Waals surface area contributed by atoms with Crippen LogP contribution in [0.4, 0.5) is 5.69 Å². The van der Waals surface area contributed by atoms with E-state index < -0.39 is 0 Å². The maximum Gasteiger partial charge on any atom is 0.221 e. The van der Waals surface area contributed by atoms with Gasteiger partial charge < -0.3 is 10.6 Å². The molecule has 0 spiro atoms. The predicted octanol–water partition coefficient (Wildman–Crippen LogP) is 3.84. The first-order valence-electron chi connectivity index (χ1n) is 8.38. The molecule has 1 aliphatic carbocycles. The molecule has 1 aromatic carbocycles. The van der Waals surface area contributed by atoms with E-state index in [1.807, 2.05) is 12.1 Å². The topological polar surface area (TPSA) is 41.1 Å². The third-order valence-electron chi connectivity index (χ3n) is 4.44. The largest absolute Gasteiger partial charge is 0.326 e. The smallest absolute Gasteiger partial charge is 0.221 e. The minimum Gasteiger partial charge on any atom is -0.326 e. The molecule has 120 valence electrons. The van der Waals surface area contributed by atoms with Gasteiger partial charge in [-0.1, -0.05) is 19.1 Å². The summed E-state index contributed by atoms with van der Waals surface area (Å²) in [7, 11) is 0. The van der Waals surface area contributed by atoms with Crippen LogP contribution in [0.3, 0.4) is 0 Å². The molecule has 1 aliphatic rings. The molecule has 0 aromatic heterocycles. The highest BCUT2D eigenvalue weighted by molar-refractivity contribution is 5.88. The average molecular weight is 300 g/mol. The molecule has 2 N–H and O–H groups in total. The summed E-state index contributed by atoms with van der Waals surface area (Å²) in [6.45, 7) is 7.61. The van der Waals surface area contributed by atoms with Gasteiger partial charge in [0, 0.05) is 24.7 Å². The molecule has 1 amide bonds. The summed E-state index contributed by atoms with van der Waals surface area (Å²) in [5, 5.41) is 6.69. The van der Waals surface area contributed by atoms with Crippen LogP contribution >= 0.6 is 0 Å². The molecule has 0 saturated heterocycles. The number of aryl methyl sites for hydroxylation is 1. The summed E-state index contributed by atoms with van der Waals surface area (Å²) in [5.41, 5.74) is 3.70. The standard InChI is InChI=1S/C19H28N2O/c1-4-6-7-17(5-2)21-19-11-9-15-8-10-18(20-14(3)22)12-16(15)13-19/h4,8,10,12,17,19,21H,1,5-7,9,11,13H2,2-3H3,(H,20,22). The summed E-state index contributed by atoms with van der Waals surface area (Å²) in [4.78, 5) is 11.2. The Bertz CT molecular complexity index is 524. The number of anilines is 1. The summed E-state index contributed by atoms with van der Waals surface area (Å²) < 4.78 is 0. The summed E-state index contributed by atoms with van der Waals surface area (Å²) in [6.07, 6.45) is 8.75. The molecule has 2 unspecified atom stereocenters. The highest BCUT2D eigenvalue weighted by atomic mass is 16.1. The zero-order chi connectivity index (χ0) is 15.9. The van der Waals surface area contributed by atoms with E-state index in [9.17, 15) is 4.79 Å². The Balaban J connectivity index is 1.99. The van der Waals surface area contributed by atoms with Crippen molar-refractivity contribution in [1.82, 2.24) is 5.32 Å². The van der Waals surface area contributed by atoms with Gasteiger partial charge in [-0.3, -0.25) is 4.79 Å². The molecular formula is C19H28N2O. The van der Waals surface area contributed by atoms with E-state index in [4.69, 9.17) is 0 Å². The zero-order valence-electron chi connectivity index (χ0n) is 13.8. The molecule has 0 radical (unpaired) electrons. The third-order valence-corrected chi connectivity index (χ3v) is 4.44. The van der Waals surface area contributed by atoms with Crippen molar-refractivity contribution in [2.45, 2.75) is 64.5 Å². The third kappa shape index (κ3) is 4.70. The first kappa shape index (κ1) is 16.8. The quantitative estimate of drug-likeness (QED) is 0.751. The van der Waals surface area contributed by atoms with E-state index in [1.165, 1.54) is 17.5 Å². The highest BCUT2D eigenvalue weighted by Crippen LogP contribution is 2.25. The summed E-state index contributed by atoms with van der Waals surface area (Å²) in [5.74, 6) is -0.0130. The fourth-order valence-electron chi connectivity index (χ4n) is 3.24. The Morgan fingerprint density at radius 3 is 2.95 bits per heavy atom. The van der Waals surface area contributed by atoms with Crippen LogP contribution < -0.4 is 10.6 Å². The molecule has 3 heteroatoms. The Hall–Kier alpha value is -1.61. The fourth-order valence-corrected chi connectivity index (χ4v) is 3.24. The molecule has 0 aliphatic heterocycles. The van der Waals surface area contributed by atoms with Crippen LogP contribution in [0.2, 0.25) is 0 Å². The number of carbonyl (C=O) groups excluding carboxylic acids is 1. The SMILES string of the molecule is C=CCCC(CC)NC1CCc2ccc(NC(C)=O)cc2C1. The van der Waals surface area contributed by atoms with Gasteiger partial charge in [-0.15, -0.1) is 6.58 Å². The van der Waals surface area contributed by atoms with Crippen LogP contribution in [0.5, 0.6) is 0 Å². The van der Waals surface area contributed by atoms with E-state index >= 15 is 0 Å². The zero-order valence-corrected chi connectivity index (χ0v) is 13.8. The second kappa shape index (κ2) is 8.14. The van der Waals surface area contributed by atoms with Crippen molar-refractivity contribution in [3.05, 3.63) is 42.0 Å². The number of allylic oxidation sites excluding steroid dienone is 1. The minimum atomic E-state index is -0.0130. The van der Waals surface area contributed by atoms with Gasteiger partial charge in [0.15, 0.2) is 0 Å². The van der Waals surface area contributed by atoms with Gasteiger partial charge in [-0.05, 0) is 61.8 Å². The number of amides is 1. The molecule has 22 heavy (non-hydrogen) atoms. The number of hydrogen-bond acceptors (Lipinski definition) is 2. The molecule has 0 bridgehead atoms. The molecule has 0 fully saturated rings. The van der Waals surface area contributed by atoms with Crippen molar-refractivity contribution in [2.75, 3.05) is 5.32 Å². The lowest BCUT2D eigenvalue weighted by Gasteiger charge is -2.30. The minimum absolute atomic E-state index is 0.0130. The number of benzene rings is 1. The van der Waals surface area contributed by atoms with Crippen LogP contribution in [0.15, 0.2) is 30.9 Å². The molecule has 2 atom stereocenters. The van der Waals surface area contributed by atoms with E-state index in [0.717, 1.165) is 37.8 Å². The second-order valence-corrected chi connectivity index (χ2v) is 6.24.